The Morgan fingerprint density at radius 2 is 1.92 bits per heavy atom. The van der Waals surface area contributed by atoms with Crippen LogP contribution in [0.2, 0.25) is 5.02 Å². The Morgan fingerprint density at radius 1 is 1.15 bits per heavy atom. The second kappa shape index (κ2) is 9.12. The molecule has 26 heavy (non-hydrogen) atoms. The molecule has 0 saturated carbocycles. The summed E-state index contributed by atoms with van der Waals surface area (Å²) < 4.78 is 5.54. The molecule has 1 atom stereocenters. The van der Waals surface area contributed by atoms with Gasteiger partial charge in [0, 0.05) is 31.1 Å². The van der Waals surface area contributed by atoms with E-state index in [4.69, 9.17) is 16.0 Å². The highest BCUT2D eigenvalue weighted by Gasteiger charge is 2.26. The Hall–Kier alpha value is -1.96. The number of nitrogens with zero attached hydrogens (tertiary/aromatic N) is 1. The first-order valence-corrected chi connectivity index (χ1v) is 9.87. The van der Waals surface area contributed by atoms with E-state index in [1.165, 1.54) is 0 Å². The van der Waals surface area contributed by atoms with Gasteiger partial charge in [0.25, 0.3) is 0 Å². The van der Waals surface area contributed by atoms with Crippen LogP contribution >= 0.6 is 23.4 Å². The van der Waals surface area contributed by atoms with Crippen molar-refractivity contribution in [2.24, 2.45) is 0 Å². The predicted molar refractivity (Wildman–Crippen MR) is 103 cm³/mol. The SMILES string of the molecule is O=C(NC[C@@H](c1ccco1)N1CCSCC1)C(=O)Nc1ccccc1Cl. The summed E-state index contributed by atoms with van der Waals surface area (Å²) in [6.07, 6.45) is 1.62. The van der Waals surface area contributed by atoms with E-state index in [1.54, 1.807) is 30.5 Å². The summed E-state index contributed by atoms with van der Waals surface area (Å²) in [6.45, 7) is 2.13. The van der Waals surface area contributed by atoms with Crippen molar-refractivity contribution < 1.29 is 14.0 Å². The minimum Gasteiger partial charge on any atom is -0.468 e. The van der Waals surface area contributed by atoms with Crippen LogP contribution in [-0.2, 0) is 9.59 Å². The zero-order valence-corrected chi connectivity index (χ0v) is 15.7. The van der Waals surface area contributed by atoms with Gasteiger partial charge < -0.3 is 15.1 Å². The lowest BCUT2D eigenvalue weighted by Crippen LogP contribution is -2.44. The van der Waals surface area contributed by atoms with Gasteiger partial charge in [-0.05, 0) is 24.3 Å². The van der Waals surface area contributed by atoms with Gasteiger partial charge in [0.15, 0.2) is 0 Å². The topological polar surface area (TPSA) is 74.6 Å². The number of carbonyl (C=O) groups excluding carboxylic acids is 2. The second-order valence-electron chi connectivity index (χ2n) is 5.82. The Labute approximate surface area is 161 Å². The number of thioether (sulfide) groups is 1. The van der Waals surface area contributed by atoms with Crippen LogP contribution in [0.3, 0.4) is 0 Å². The number of rotatable bonds is 5. The number of amides is 2. The monoisotopic (exact) mass is 393 g/mol. The lowest BCUT2D eigenvalue weighted by molar-refractivity contribution is -0.136. The minimum atomic E-state index is -0.745. The fourth-order valence-corrected chi connectivity index (χ4v) is 3.91. The van der Waals surface area contributed by atoms with E-state index in [-0.39, 0.29) is 6.04 Å². The van der Waals surface area contributed by atoms with Crippen molar-refractivity contribution in [2.45, 2.75) is 6.04 Å². The number of anilines is 1. The Bertz CT molecular complexity index is 748. The first-order valence-electron chi connectivity index (χ1n) is 8.34. The van der Waals surface area contributed by atoms with E-state index < -0.39 is 11.8 Å². The smallest absolute Gasteiger partial charge is 0.313 e. The number of hydrogen-bond acceptors (Lipinski definition) is 5. The van der Waals surface area contributed by atoms with Gasteiger partial charge in [0.05, 0.1) is 23.0 Å². The number of furan rings is 1. The lowest BCUT2D eigenvalue weighted by atomic mass is 10.2. The fraction of sp³-hybridized carbons (Fsp3) is 0.333. The molecule has 6 nitrogen and oxygen atoms in total. The van der Waals surface area contributed by atoms with Crippen LogP contribution in [0.15, 0.2) is 47.1 Å². The lowest BCUT2D eigenvalue weighted by Gasteiger charge is -2.33. The number of carbonyl (C=O) groups is 2. The molecule has 8 heteroatoms. The van der Waals surface area contributed by atoms with Gasteiger partial charge in [-0.15, -0.1) is 0 Å². The molecule has 0 radical (unpaired) electrons. The largest absolute Gasteiger partial charge is 0.468 e. The highest BCUT2D eigenvalue weighted by atomic mass is 35.5. The van der Waals surface area contributed by atoms with Crippen molar-refractivity contribution in [3.8, 4) is 0 Å². The summed E-state index contributed by atoms with van der Waals surface area (Å²) in [4.78, 5) is 26.6. The van der Waals surface area contributed by atoms with E-state index in [1.807, 2.05) is 23.9 Å². The van der Waals surface area contributed by atoms with Crippen LogP contribution in [0.5, 0.6) is 0 Å². The van der Waals surface area contributed by atoms with E-state index in [0.29, 0.717) is 17.3 Å². The Kier molecular flexibility index (Phi) is 6.60. The fourth-order valence-electron chi connectivity index (χ4n) is 2.79. The molecule has 138 valence electrons. The molecule has 0 aliphatic carbocycles. The average molecular weight is 394 g/mol. The molecule has 3 rings (SSSR count). The average Bonchev–Trinajstić information content (AvgIpc) is 3.19. The molecule has 2 N–H and O–H groups in total. The summed E-state index contributed by atoms with van der Waals surface area (Å²) in [7, 11) is 0. The van der Waals surface area contributed by atoms with Crippen LogP contribution in [0, 0.1) is 0 Å². The Morgan fingerprint density at radius 3 is 2.62 bits per heavy atom. The number of hydrogen-bond donors (Lipinski definition) is 2. The van der Waals surface area contributed by atoms with Crippen LogP contribution in [0.4, 0.5) is 5.69 Å². The normalized spacial score (nSPS) is 16.0. The van der Waals surface area contributed by atoms with Crippen molar-refractivity contribution in [1.29, 1.82) is 0 Å². The number of benzene rings is 1. The van der Waals surface area contributed by atoms with Gasteiger partial charge in [0.2, 0.25) is 0 Å². The molecular formula is C18H20ClN3O3S. The maximum absolute atomic E-state index is 12.2. The molecule has 0 spiro atoms. The van der Waals surface area contributed by atoms with Crippen molar-refractivity contribution in [3.05, 3.63) is 53.4 Å². The molecule has 2 aromatic rings. The quantitative estimate of drug-likeness (QED) is 0.764. The first-order chi connectivity index (χ1) is 12.6. The summed E-state index contributed by atoms with van der Waals surface area (Å²) in [6, 6.07) is 10.4. The van der Waals surface area contributed by atoms with Crippen LogP contribution < -0.4 is 10.6 Å². The van der Waals surface area contributed by atoms with Gasteiger partial charge in [-0.25, -0.2) is 0 Å². The zero-order chi connectivity index (χ0) is 18.4. The highest BCUT2D eigenvalue weighted by Crippen LogP contribution is 2.24. The number of para-hydroxylation sites is 1. The molecule has 1 aromatic heterocycles. The van der Waals surface area contributed by atoms with Gasteiger partial charge in [-0.2, -0.15) is 11.8 Å². The minimum absolute atomic E-state index is 0.0945. The van der Waals surface area contributed by atoms with Crippen LogP contribution in [0.1, 0.15) is 11.8 Å². The summed E-state index contributed by atoms with van der Waals surface area (Å²) >= 11 is 7.91. The van der Waals surface area contributed by atoms with Crippen molar-refractivity contribution in [1.82, 2.24) is 10.2 Å². The Balaban J connectivity index is 1.60. The standard InChI is InChI=1S/C18H20ClN3O3S/c19-13-4-1-2-5-14(13)21-18(24)17(23)20-12-15(16-6-3-9-25-16)22-7-10-26-11-8-22/h1-6,9,15H,7-8,10-12H2,(H,20,23)(H,21,24)/t15-/m0/s1. The molecule has 2 amide bonds. The summed E-state index contributed by atoms with van der Waals surface area (Å²) in [5.74, 6) is 1.41. The third kappa shape index (κ3) is 4.81. The van der Waals surface area contributed by atoms with Gasteiger partial charge >= 0.3 is 11.8 Å². The van der Waals surface area contributed by atoms with Crippen LogP contribution in [-0.4, -0.2) is 47.9 Å². The molecule has 1 aliphatic rings. The van der Waals surface area contributed by atoms with E-state index in [2.05, 4.69) is 15.5 Å². The van der Waals surface area contributed by atoms with Crippen molar-refractivity contribution in [3.63, 3.8) is 0 Å². The van der Waals surface area contributed by atoms with Gasteiger partial charge in [0.1, 0.15) is 5.76 Å². The van der Waals surface area contributed by atoms with Crippen molar-refractivity contribution >= 4 is 40.9 Å². The van der Waals surface area contributed by atoms with E-state index in [0.717, 1.165) is 30.4 Å². The summed E-state index contributed by atoms with van der Waals surface area (Å²) in [5, 5.41) is 5.61. The molecule has 1 saturated heterocycles. The van der Waals surface area contributed by atoms with E-state index >= 15 is 0 Å². The molecule has 0 unspecified atom stereocenters. The molecule has 0 bridgehead atoms. The number of nitrogens with one attached hydrogen (secondary N) is 2. The predicted octanol–water partition coefficient (Wildman–Crippen LogP) is 2.78. The molecule has 2 heterocycles. The maximum Gasteiger partial charge on any atom is 0.313 e. The third-order valence-corrected chi connectivity index (χ3v) is 5.41. The van der Waals surface area contributed by atoms with E-state index in [9.17, 15) is 9.59 Å². The molecule has 1 fully saturated rings. The highest BCUT2D eigenvalue weighted by molar-refractivity contribution is 7.99. The molecule has 1 aromatic carbocycles. The molecule has 1 aliphatic heterocycles. The zero-order valence-electron chi connectivity index (χ0n) is 14.1. The summed E-state index contributed by atoms with van der Waals surface area (Å²) in [5.41, 5.74) is 0.407. The first kappa shape index (κ1) is 18.8. The maximum atomic E-state index is 12.2. The van der Waals surface area contributed by atoms with Crippen LogP contribution in [0.25, 0.3) is 0 Å². The molecular weight excluding hydrogens is 374 g/mol. The van der Waals surface area contributed by atoms with Gasteiger partial charge in [-0.3, -0.25) is 14.5 Å². The second-order valence-corrected chi connectivity index (χ2v) is 7.46. The number of halogens is 1. The van der Waals surface area contributed by atoms with Crippen molar-refractivity contribution in [2.75, 3.05) is 36.5 Å². The van der Waals surface area contributed by atoms with Gasteiger partial charge in [-0.1, -0.05) is 23.7 Å². The third-order valence-electron chi connectivity index (χ3n) is 4.14.